The van der Waals surface area contributed by atoms with Crippen molar-refractivity contribution in [2.45, 2.75) is 12.2 Å². The van der Waals surface area contributed by atoms with Crippen LogP contribution in [0.4, 0.5) is 10.1 Å². The van der Waals surface area contributed by atoms with Crippen molar-refractivity contribution in [3.8, 4) is 0 Å². The first-order valence-electron chi connectivity index (χ1n) is 9.36. The van der Waals surface area contributed by atoms with Crippen LogP contribution in [0.5, 0.6) is 0 Å². The minimum atomic E-state index is -0.450. The van der Waals surface area contributed by atoms with Gasteiger partial charge >= 0.3 is 5.97 Å². The van der Waals surface area contributed by atoms with Gasteiger partial charge in [0, 0.05) is 21.3 Å². The molecule has 1 aliphatic heterocycles. The van der Waals surface area contributed by atoms with Gasteiger partial charge in [-0.3, -0.25) is 4.90 Å². The lowest BCUT2D eigenvalue weighted by molar-refractivity contribution is -0.947. The first-order chi connectivity index (χ1) is 14.1. The van der Waals surface area contributed by atoms with Crippen LogP contribution in [-0.2, 0) is 9.53 Å². The number of carbonyl (C=O) groups is 1. The van der Waals surface area contributed by atoms with E-state index in [1.54, 1.807) is 12.1 Å². The van der Waals surface area contributed by atoms with E-state index in [4.69, 9.17) is 4.74 Å². The normalized spacial score (nSPS) is 20.4. The van der Waals surface area contributed by atoms with E-state index in [1.807, 2.05) is 48.5 Å². The number of methoxy groups -OCH3 is 1. The number of esters is 1. The molecule has 0 aromatic heterocycles. The van der Waals surface area contributed by atoms with Gasteiger partial charge in [0.2, 0.25) is 0 Å². The van der Waals surface area contributed by atoms with E-state index < -0.39 is 6.17 Å². The molecule has 1 heterocycles. The Morgan fingerprint density at radius 2 is 1.79 bits per heavy atom. The van der Waals surface area contributed by atoms with Crippen LogP contribution in [0.3, 0.4) is 0 Å². The molecule has 3 aromatic carbocycles. The zero-order valence-electron chi connectivity index (χ0n) is 15.9. The van der Waals surface area contributed by atoms with Gasteiger partial charge in [0.05, 0.1) is 12.7 Å². The number of benzene rings is 3. The van der Waals surface area contributed by atoms with Crippen LogP contribution in [0, 0.1) is 5.82 Å². The summed E-state index contributed by atoms with van der Waals surface area (Å²) >= 11 is 3.56. The monoisotopic (exact) mass is 455 g/mol. The number of anilines is 1. The molecule has 3 aromatic rings. The number of nitrogens with one attached hydrogen (secondary N) is 2. The Balaban J connectivity index is 1.91. The average Bonchev–Trinajstić information content (AvgIpc) is 2.74. The number of hydrogen-bond donors (Lipinski definition) is 2. The van der Waals surface area contributed by atoms with Gasteiger partial charge in [-0.05, 0) is 30.3 Å². The predicted molar refractivity (Wildman–Crippen MR) is 113 cm³/mol. The Morgan fingerprint density at radius 3 is 2.52 bits per heavy atom. The van der Waals surface area contributed by atoms with Gasteiger partial charge in [0.15, 0.2) is 12.7 Å². The molecule has 6 heteroatoms. The van der Waals surface area contributed by atoms with Crippen molar-refractivity contribution >= 4 is 27.6 Å². The highest BCUT2D eigenvalue weighted by Crippen LogP contribution is 2.35. The lowest BCUT2D eigenvalue weighted by Gasteiger charge is -2.41. The van der Waals surface area contributed by atoms with Crippen molar-refractivity contribution < 1.29 is 18.8 Å². The van der Waals surface area contributed by atoms with Crippen LogP contribution in [0.2, 0.25) is 0 Å². The molecule has 0 bridgehead atoms. The van der Waals surface area contributed by atoms with Crippen LogP contribution in [0.15, 0.2) is 77.3 Å². The topological polar surface area (TPSA) is 42.8 Å². The molecule has 0 amide bonds. The molecular formula is C23H21BrFN2O2+. The second-order valence-electron chi connectivity index (χ2n) is 7.00. The largest absolute Gasteiger partial charge is 0.465 e. The zero-order valence-corrected chi connectivity index (χ0v) is 17.4. The number of quaternary nitrogens is 1. The number of rotatable bonds is 4. The lowest BCUT2D eigenvalue weighted by Crippen LogP contribution is -3.15. The van der Waals surface area contributed by atoms with Crippen LogP contribution in [-0.4, -0.2) is 19.6 Å². The fraction of sp³-hybridized carbons (Fsp3) is 0.174. The average molecular weight is 456 g/mol. The molecule has 3 atom stereocenters. The summed E-state index contributed by atoms with van der Waals surface area (Å²) in [5.41, 5.74) is 3.52. The summed E-state index contributed by atoms with van der Waals surface area (Å²) in [6.45, 7) is 0.0913. The van der Waals surface area contributed by atoms with Crippen molar-refractivity contribution in [2.24, 2.45) is 0 Å². The molecule has 148 valence electrons. The van der Waals surface area contributed by atoms with Crippen molar-refractivity contribution in [1.29, 1.82) is 0 Å². The maximum atomic E-state index is 14.8. The molecule has 0 saturated carbocycles. The van der Waals surface area contributed by atoms with Crippen LogP contribution >= 0.6 is 15.9 Å². The van der Waals surface area contributed by atoms with Crippen LogP contribution < -0.4 is 10.2 Å². The summed E-state index contributed by atoms with van der Waals surface area (Å²) in [4.78, 5) is 13.2. The molecule has 3 unspecified atom stereocenters. The first-order valence-corrected chi connectivity index (χ1v) is 10.2. The van der Waals surface area contributed by atoms with E-state index in [-0.39, 0.29) is 24.4 Å². The van der Waals surface area contributed by atoms with Crippen molar-refractivity contribution in [3.05, 3.63) is 99.8 Å². The number of carbonyl (C=O) groups excluding carboxylic acids is 1. The SMILES string of the molecule is COC(=O)C[NH+]1C(c2ccccc2F)Nc2ccc(Br)cc2C1c1ccccc1. The minimum absolute atomic E-state index is 0.0913. The summed E-state index contributed by atoms with van der Waals surface area (Å²) in [6, 6.07) is 22.5. The van der Waals surface area contributed by atoms with Gasteiger partial charge in [-0.1, -0.05) is 58.4 Å². The Morgan fingerprint density at radius 1 is 1.07 bits per heavy atom. The second kappa shape index (κ2) is 8.35. The van der Waals surface area contributed by atoms with Gasteiger partial charge in [-0.2, -0.15) is 0 Å². The van der Waals surface area contributed by atoms with E-state index in [0.717, 1.165) is 26.2 Å². The second-order valence-corrected chi connectivity index (χ2v) is 7.92. The highest BCUT2D eigenvalue weighted by Gasteiger charge is 2.42. The Labute approximate surface area is 177 Å². The van der Waals surface area contributed by atoms with E-state index in [0.29, 0.717) is 5.56 Å². The van der Waals surface area contributed by atoms with Gasteiger partial charge in [0.25, 0.3) is 0 Å². The summed E-state index contributed by atoms with van der Waals surface area (Å²) in [7, 11) is 1.37. The van der Waals surface area contributed by atoms with E-state index in [9.17, 15) is 9.18 Å². The molecule has 2 N–H and O–H groups in total. The van der Waals surface area contributed by atoms with Gasteiger partial charge in [-0.25, -0.2) is 9.18 Å². The molecular weight excluding hydrogens is 435 g/mol. The smallest absolute Gasteiger partial charge is 0.361 e. The summed E-state index contributed by atoms with van der Waals surface area (Å²) in [6.07, 6.45) is -0.450. The summed E-state index contributed by atoms with van der Waals surface area (Å²) < 4.78 is 20.7. The van der Waals surface area contributed by atoms with Crippen molar-refractivity contribution in [3.63, 3.8) is 0 Å². The lowest BCUT2D eigenvalue weighted by atomic mass is 9.91. The van der Waals surface area contributed by atoms with Crippen LogP contribution in [0.25, 0.3) is 0 Å². The third-order valence-corrected chi connectivity index (χ3v) is 5.78. The van der Waals surface area contributed by atoms with Crippen molar-refractivity contribution in [1.82, 2.24) is 0 Å². The van der Waals surface area contributed by atoms with E-state index in [2.05, 4.69) is 27.3 Å². The minimum Gasteiger partial charge on any atom is -0.465 e. The van der Waals surface area contributed by atoms with Crippen molar-refractivity contribution in [2.75, 3.05) is 19.0 Å². The molecule has 4 nitrogen and oxygen atoms in total. The standard InChI is InChI=1S/C23H20BrFN2O2/c1-29-21(28)14-27-22(15-7-3-2-4-8-15)18-13-16(24)11-12-20(18)26-23(27)17-9-5-6-10-19(17)25/h2-13,22-23,26H,14H2,1H3/p+1. The number of hydrogen-bond acceptors (Lipinski definition) is 3. The fourth-order valence-electron chi connectivity index (χ4n) is 3.99. The first kappa shape index (κ1) is 19.6. The number of halogens is 2. The Bertz CT molecular complexity index is 1030. The quantitative estimate of drug-likeness (QED) is 0.587. The molecule has 0 aliphatic carbocycles. The third-order valence-electron chi connectivity index (χ3n) is 5.29. The maximum absolute atomic E-state index is 14.8. The van der Waals surface area contributed by atoms with E-state index in [1.165, 1.54) is 13.2 Å². The number of fused-ring (bicyclic) bond motifs is 1. The third kappa shape index (κ3) is 3.91. The Hall–Kier alpha value is -2.70. The molecule has 0 spiro atoms. The summed E-state index contributed by atoms with van der Waals surface area (Å²) in [5.74, 6) is -0.651. The molecule has 29 heavy (non-hydrogen) atoms. The highest BCUT2D eigenvalue weighted by molar-refractivity contribution is 9.10. The molecule has 0 saturated heterocycles. The fourth-order valence-corrected chi connectivity index (χ4v) is 4.37. The van der Waals surface area contributed by atoms with Gasteiger partial charge in [0.1, 0.15) is 11.9 Å². The maximum Gasteiger partial charge on any atom is 0.361 e. The number of ether oxygens (including phenoxy) is 1. The molecule has 0 radical (unpaired) electrons. The van der Waals surface area contributed by atoms with Gasteiger partial charge < -0.3 is 10.1 Å². The highest BCUT2D eigenvalue weighted by atomic mass is 79.9. The summed E-state index contributed by atoms with van der Waals surface area (Å²) in [5, 5.41) is 3.45. The molecule has 0 fully saturated rings. The molecule has 4 rings (SSSR count). The van der Waals surface area contributed by atoms with E-state index >= 15 is 0 Å². The van der Waals surface area contributed by atoms with Crippen LogP contribution in [0.1, 0.15) is 28.9 Å². The predicted octanol–water partition coefficient (Wildman–Crippen LogP) is 3.86. The zero-order chi connectivity index (χ0) is 20.4. The Kier molecular flexibility index (Phi) is 5.65. The van der Waals surface area contributed by atoms with Gasteiger partial charge in [-0.15, -0.1) is 0 Å². The molecule has 1 aliphatic rings.